The van der Waals surface area contributed by atoms with Crippen LogP contribution in [-0.4, -0.2) is 37.8 Å². The number of thioether (sulfide) groups is 1. The van der Waals surface area contributed by atoms with E-state index in [4.69, 9.17) is 4.74 Å². The van der Waals surface area contributed by atoms with E-state index >= 15 is 0 Å². The van der Waals surface area contributed by atoms with E-state index in [1.807, 2.05) is 48.7 Å². The highest BCUT2D eigenvalue weighted by Crippen LogP contribution is 2.24. The molecule has 1 amide bonds. The van der Waals surface area contributed by atoms with Crippen LogP contribution in [0.5, 0.6) is 0 Å². The van der Waals surface area contributed by atoms with E-state index in [0.717, 1.165) is 21.0 Å². The molecule has 1 unspecified atom stereocenters. The second-order valence-electron chi connectivity index (χ2n) is 6.31. The number of methoxy groups -OCH3 is 1. The van der Waals surface area contributed by atoms with E-state index < -0.39 is 0 Å². The smallest absolute Gasteiger partial charge is 0.365 e. The predicted octanol–water partition coefficient (Wildman–Crippen LogP) is 1.53. The summed E-state index contributed by atoms with van der Waals surface area (Å²) in [5.74, 6) is -0.374. The second kappa shape index (κ2) is 8.38. The number of rotatable bonds is 5. The first-order chi connectivity index (χ1) is 12.6. The molecule has 26 heavy (non-hydrogen) atoms. The quantitative estimate of drug-likeness (QED) is 0.618. The third-order valence-electron chi connectivity index (χ3n) is 4.71. The molecule has 0 aliphatic carbocycles. The molecule has 0 radical (unpaired) electrons. The molecule has 1 aliphatic heterocycles. The van der Waals surface area contributed by atoms with Gasteiger partial charge >= 0.3 is 5.97 Å². The van der Waals surface area contributed by atoms with Crippen molar-refractivity contribution < 1.29 is 19.2 Å². The molecule has 2 aromatic rings. The van der Waals surface area contributed by atoms with Crippen LogP contribution < -0.4 is 10.2 Å². The summed E-state index contributed by atoms with van der Waals surface area (Å²) in [7, 11) is 1.40. The fraction of sp³-hybridized carbons (Fsp3) is 0.300. The Labute approximate surface area is 157 Å². The molecule has 0 saturated carbocycles. The third kappa shape index (κ3) is 4.08. The van der Waals surface area contributed by atoms with Gasteiger partial charge in [-0.3, -0.25) is 4.79 Å². The lowest BCUT2D eigenvalue weighted by Crippen LogP contribution is -3.17. The monoisotopic (exact) mass is 371 g/mol. The largest absolute Gasteiger partial charge is 0.465 e. The molecule has 2 atom stereocenters. The number of amides is 1. The number of ether oxygens (including phenoxy) is 1. The Hall–Kier alpha value is -2.31. The van der Waals surface area contributed by atoms with Crippen LogP contribution in [0, 0.1) is 0 Å². The lowest BCUT2D eigenvalue weighted by molar-refractivity contribution is -0.924. The van der Waals surface area contributed by atoms with Gasteiger partial charge in [-0.2, -0.15) is 0 Å². The zero-order valence-corrected chi connectivity index (χ0v) is 15.8. The fourth-order valence-corrected chi connectivity index (χ4v) is 3.94. The number of anilines is 1. The van der Waals surface area contributed by atoms with Gasteiger partial charge in [-0.1, -0.05) is 36.4 Å². The van der Waals surface area contributed by atoms with E-state index in [1.165, 1.54) is 12.7 Å². The second-order valence-corrected chi connectivity index (χ2v) is 7.16. The normalized spacial score (nSPS) is 18.7. The number of carbonyl (C=O) groups excluding carboxylic acids is 2. The Morgan fingerprint density at radius 2 is 1.85 bits per heavy atom. The Bertz CT molecular complexity index is 809. The number of esters is 1. The van der Waals surface area contributed by atoms with Crippen molar-refractivity contribution in [1.29, 1.82) is 0 Å². The summed E-state index contributed by atoms with van der Waals surface area (Å²) in [4.78, 5) is 26.8. The van der Waals surface area contributed by atoms with E-state index in [-0.39, 0.29) is 24.5 Å². The molecule has 0 fully saturated rings. The number of hydrogen-bond donors (Lipinski definition) is 2. The van der Waals surface area contributed by atoms with Gasteiger partial charge in [0.25, 0.3) is 5.91 Å². The number of benzene rings is 2. The lowest BCUT2D eigenvalue weighted by atomic mass is 9.94. The number of para-hydroxylation sites is 1. The van der Waals surface area contributed by atoms with Gasteiger partial charge in [0.15, 0.2) is 12.6 Å². The molecule has 6 heteroatoms. The Morgan fingerprint density at radius 3 is 2.58 bits per heavy atom. The third-order valence-corrected chi connectivity index (χ3v) is 5.50. The summed E-state index contributed by atoms with van der Waals surface area (Å²) in [6, 6.07) is 15.4. The summed E-state index contributed by atoms with van der Waals surface area (Å²) in [6.07, 6.45) is 2.57. The van der Waals surface area contributed by atoms with Crippen LogP contribution in [0.2, 0.25) is 0 Å². The zero-order chi connectivity index (χ0) is 18.5. The summed E-state index contributed by atoms with van der Waals surface area (Å²) in [6.45, 7) is 0.852. The van der Waals surface area contributed by atoms with Crippen molar-refractivity contribution in [1.82, 2.24) is 0 Å². The van der Waals surface area contributed by atoms with Crippen molar-refractivity contribution in [2.75, 3.05) is 25.2 Å². The van der Waals surface area contributed by atoms with Crippen molar-refractivity contribution in [3.63, 3.8) is 0 Å². The van der Waals surface area contributed by atoms with E-state index in [9.17, 15) is 9.59 Å². The first-order valence-corrected chi connectivity index (χ1v) is 9.77. The van der Waals surface area contributed by atoms with Gasteiger partial charge < -0.3 is 15.0 Å². The lowest BCUT2D eigenvalue weighted by Gasteiger charge is -2.31. The van der Waals surface area contributed by atoms with Crippen LogP contribution in [0.25, 0.3) is 0 Å². The van der Waals surface area contributed by atoms with E-state index in [1.54, 1.807) is 11.8 Å². The van der Waals surface area contributed by atoms with Gasteiger partial charge in [-0.15, -0.1) is 11.8 Å². The average molecular weight is 371 g/mol. The van der Waals surface area contributed by atoms with Crippen LogP contribution in [0.3, 0.4) is 0 Å². The van der Waals surface area contributed by atoms with Crippen molar-refractivity contribution in [2.45, 2.75) is 23.9 Å². The van der Waals surface area contributed by atoms with Crippen LogP contribution in [0.1, 0.15) is 11.1 Å². The van der Waals surface area contributed by atoms with Crippen molar-refractivity contribution in [3.8, 4) is 0 Å². The summed E-state index contributed by atoms with van der Waals surface area (Å²) in [5, 5.41) is 2.98. The zero-order valence-electron chi connectivity index (χ0n) is 15.0. The average Bonchev–Trinajstić information content (AvgIpc) is 2.67. The fourth-order valence-electron chi connectivity index (χ4n) is 3.39. The van der Waals surface area contributed by atoms with Crippen molar-refractivity contribution >= 4 is 29.3 Å². The number of quaternary nitrogens is 1. The predicted molar refractivity (Wildman–Crippen MR) is 102 cm³/mol. The number of hydrogen-bond acceptors (Lipinski definition) is 4. The number of fused-ring (bicyclic) bond motifs is 1. The Kier molecular flexibility index (Phi) is 5.96. The van der Waals surface area contributed by atoms with Gasteiger partial charge in [0.05, 0.1) is 12.8 Å². The molecule has 2 aromatic carbocycles. The minimum Gasteiger partial charge on any atom is -0.465 e. The standard InChI is InChI=1S/C20H22N2O3S/c1-25-20(24)17-11-14-7-3-4-8-15(14)12-22(17)13-19(23)21-16-9-5-6-10-18(16)26-2/h3-10,17H,11-13H2,1-2H3,(H,21,23)/p+1/t17-/m1/s1. The van der Waals surface area contributed by atoms with Crippen LogP contribution in [0.15, 0.2) is 53.4 Å². The van der Waals surface area contributed by atoms with Gasteiger partial charge in [0.1, 0.15) is 6.54 Å². The first-order valence-electron chi connectivity index (χ1n) is 8.54. The molecule has 1 heterocycles. The minimum atomic E-state index is -0.364. The topological polar surface area (TPSA) is 59.8 Å². The molecular formula is C20H23N2O3S+. The minimum absolute atomic E-state index is 0.102. The molecule has 0 saturated heterocycles. The number of nitrogens with one attached hydrogen (secondary N) is 2. The molecule has 5 nitrogen and oxygen atoms in total. The highest BCUT2D eigenvalue weighted by molar-refractivity contribution is 7.98. The summed E-state index contributed by atoms with van der Waals surface area (Å²) in [5.41, 5.74) is 3.14. The number of carbonyl (C=O) groups is 2. The van der Waals surface area contributed by atoms with Crippen LogP contribution in [0.4, 0.5) is 5.69 Å². The first kappa shape index (κ1) is 18.5. The maximum atomic E-state index is 12.6. The highest BCUT2D eigenvalue weighted by Gasteiger charge is 2.37. The van der Waals surface area contributed by atoms with E-state index in [2.05, 4.69) is 11.4 Å². The van der Waals surface area contributed by atoms with Crippen LogP contribution >= 0.6 is 11.8 Å². The Balaban J connectivity index is 1.75. The maximum absolute atomic E-state index is 12.6. The molecule has 136 valence electrons. The SMILES string of the molecule is COC(=O)[C@H]1Cc2ccccc2C[NH+]1CC(=O)Nc1ccccc1SC. The van der Waals surface area contributed by atoms with Gasteiger partial charge in [0, 0.05) is 16.9 Å². The van der Waals surface area contributed by atoms with Crippen LogP contribution in [-0.2, 0) is 27.3 Å². The molecule has 2 N–H and O–H groups in total. The Morgan fingerprint density at radius 1 is 1.15 bits per heavy atom. The molecule has 0 spiro atoms. The van der Waals surface area contributed by atoms with Gasteiger partial charge in [-0.05, 0) is 24.0 Å². The highest BCUT2D eigenvalue weighted by atomic mass is 32.2. The molecule has 3 rings (SSSR count). The van der Waals surface area contributed by atoms with E-state index in [0.29, 0.717) is 13.0 Å². The van der Waals surface area contributed by atoms with Crippen molar-refractivity contribution in [2.24, 2.45) is 0 Å². The van der Waals surface area contributed by atoms with Gasteiger partial charge in [0.2, 0.25) is 0 Å². The maximum Gasteiger partial charge on any atom is 0.365 e. The molecular weight excluding hydrogens is 348 g/mol. The summed E-state index contributed by atoms with van der Waals surface area (Å²) < 4.78 is 4.98. The molecule has 0 aromatic heterocycles. The summed E-state index contributed by atoms with van der Waals surface area (Å²) >= 11 is 1.59. The molecule has 1 aliphatic rings. The molecule has 0 bridgehead atoms. The van der Waals surface area contributed by atoms with Gasteiger partial charge in [-0.25, -0.2) is 4.79 Å². The van der Waals surface area contributed by atoms with Crippen molar-refractivity contribution in [3.05, 3.63) is 59.7 Å².